The summed E-state index contributed by atoms with van der Waals surface area (Å²) in [5.74, 6) is -0.0422. The molecular weight excluding hydrogens is 334 g/mol. The summed E-state index contributed by atoms with van der Waals surface area (Å²) in [7, 11) is 0. The van der Waals surface area contributed by atoms with E-state index in [1.165, 1.54) is 11.3 Å². The van der Waals surface area contributed by atoms with Crippen LogP contribution in [0.5, 0.6) is 0 Å². The van der Waals surface area contributed by atoms with Gasteiger partial charge in [-0.05, 0) is 13.0 Å². The molecule has 1 aliphatic heterocycles. The Hall–Kier alpha value is -1.25. The molecule has 0 fully saturated rings. The fourth-order valence-electron chi connectivity index (χ4n) is 1.83. The number of thioether (sulfide) groups is 1. The van der Waals surface area contributed by atoms with Crippen molar-refractivity contribution >= 4 is 58.9 Å². The molecule has 1 amide bonds. The molecular formula is C12H16ClN3O3S2. The number of carbonyl (C=O) groups is 2. The maximum Gasteiger partial charge on any atom is 0.315 e. The molecule has 116 valence electrons. The fourth-order valence-corrected chi connectivity index (χ4v) is 4.11. The molecule has 1 aromatic heterocycles. The van der Waals surface area contributed by atoms with Crippen molar-refractivity contribution in [2.75, 3.05) is 23.8 Å². The van der Waals surface area contributed by atoms with E-state index >= 15 is 0 Å². The Labute approximate surface area is 136 Å². The number of nitrogens with two attached hydrogens (primary N) is 1. The topological polar surface area (TPSA) is 96.5 Å². The number of carbonyl (C=O) groups excluding carboxylic acids is 2. The monoisotopic (exact) mass is 349 g/mol. The molecule has 0 bridgehead atoms. The van der Waals surface area contributed by atoms with Gasteiger partial charge in [0.15, 0.2) is 0 Å². The molecule has 21 heavy (non-hydrogen) atoms. The number of halogens is 1. The zero-order valence-electron chi connectivity index (χ0n) is 11.4. The minimum Gasteiger partial charge on any atom is -0.466 e. The van der Waals surface area contributed by atoms with E-state index in [0.717, 1.165) is 15.6 Å². The Balaban J connectivity index is 0.00000220. The number of ether oxygens (including phenoxy) is 1. The number of anilines is 1. The van der Waals surface area contributed by atoms with Crippen LogP contribution in [0.1, 0.15) is 18.2 Å². The van der Waals surface area contributed by atoms with Gasteiger partial charge in [0.1, 0.15) is 12.3 Å². The SMILES string of the molecule is CCOC(=O)CC(=O)N1CCSc2sc(C(=N)N)cc21.Cl. The normalized spacial score (nSPS) is 13.1. The first-order valence-corrected chi connectivity index (χ1v) is 7.90. The first-order valence-electron chi connectivity index (χ1n) is 6.10. The molecule has 3 N–H and O–H groups in total. The van der Waals surface area contributed by atoms with Crippen LogP contribution in [-0.4, -0.2) is 36.6 Å². The lowest BCUT2D eigenvalue weighted by molar-refractivity contribution is -0.145. The Morgan fingerprint density at radius 1 is 1.52 bits per heavy atom. The first-order chi connectivity index (χ1) is 9.52. The van der Waals surface area contributed by atoms with Crippen LogP contribution in [0, 0.1) is 5.41 Å². The molecule has 6 nitrogen and oxygen atoms in total. The number of hydrogen-bond donors (Lipinski definition) is 2. The van der Waals surface area contributed by atoms with Crippen molar-refractivity contribution < 1.29 is 14.3 Å². The molecule has 0 aromatic carbocycles. The number of hydrogen-bond acceptors (Lipinski definition) is 6. The van der Waals surface area contributed by atoms with E-state index in [1.807, 2.05) is 0 Å². The predicted molar refractivity (Wildman–Crippen MR) is 86.9 cm³/mol. The van der Waals surface area contributed by atoms with Gasteiger partial charge in [0.2, 0.25) is 5.91 Å². The Morgan fingerprint density at radius 3 is 2.86 bits per heavy atom. The van der Waals surface area contributed by atoms with Crippen LogP contribution in [0.15, 0.2) is 10.3 Å². The van der Waals surface area contributed by atoms with Crippen molar-refractivity contribution in [1.29, 1.82) is 5.41 Å². The molecule has 9 heteroatoms. The maximum absolute atomic E-state index is 12.2. The van der Waals surface area contributed by atoms with Crippen molar-refractivity contribution in [2.24, 2.45) is 5.73 Å². The summed E-state index contributed by atoms with van der Waals surface area (Å²) >= 11 is 3.03. The van der Waals surface area contributed by atoms with Crippen molar-refractivity contribution in [3.05, 3.63) is 10.9 Å². The van der Waals surface area contributed by atoms with Gasteiger partial charge in [-0.2, -0.15) is 0 Å². The third-order valence-electron chi connectivity index (χ3n) is 2.69. The highest BCUT2D eigenvalue weighted by Crippen LogP contribution is 2.41. The van der Waals surface area contributed by atoms with Gasteiger partial charge in [0.05, 0.1) is 21.4 Å². The zero-order chi connectivity index (χ0) is 14.7. The number of rotatable bonds is 4. The van der Waals surface area contributed by atoms with E-state index in [4.69, 9.17) is 15.9 Å². The van der Waals surface area contributed by atoms with E-state index in [9.17, 15) is 9.59 Å². The molecule has 0 unspecified atom stereocenters. The lowest BCUT2D eigenvalue weighted by Gasteiger charge is -2.26. The summed E-state index contributed by atoms with van der Waals surface area (Å²) < 4.78 is 5.75. The highest BCUT2D eigenvalue weighted by molar-refractivity contribution is 8.01. The highest BCUT2D eigenvalue weighted by Gasteiger charge is 2.27. The minimum atomic E-state index is -0.515. The van der Waals surface area contributed by atoms with E-state index in [2.05, 4.69) is 0 Å². The number of nitrogens with one attached hydrogen (secondary N) is 1. The average molecular weight is 350 g/mol. The molecule has 1 aromatic rings. The second-order valence-electron chi connectivity index (χ2n) is 4.07. The lowest BCUT2D eigenvalue weighted by atomic mass is 10.3. The molecule has 2 rings (SSSR count). The Kier molecular flexibility index (Phi) is 6.50. The van der Waals surface area contributed by atoms with Crippen LogP contribution < -0.4 is 10.6 Å². The van der Waals surface area contributed by atoms with Gasteiger partial charge < -0.3 is 15.4 Å². The number of esters is 1. The molecule has 0 spiro atoms. The van der Waals surface area contributed by atoms with E-state index in [0.29, 0.717) is 11.4 Å². The van der Waals surface area contributed by atoms with Crippen LogP contribution in [-0.2, 0) is 14.3 Å². The second kappa shape index (κ2) is 7.67. The number of amides is 1. The lowest BCUT2D eigenvalue weighted by Crippen LogP contribution is -2.36. The number of nitrogens with zero attached hydrogens (tertiary/aromatic N) is 1. The first kappa shape index (κ1) is 17.8. The van der Waals surface area contributed by atoms with Gasteiger partial charge in [-0.1, -0.05) is 0 Å². The van der Waals surface area contributed by atoms with Crippen molar-refractivity contribution in [1.82, 2.24) is 0 Å². The molecule has 1 aliphatic rings. The quantitative estimate of drug-likeness (QED) is 0.374. The summed E-state index contributed by atoms with van der Waals surface area (Å²) in [6.45, 7) is 2.51. The standard InChI is InChI=1S/C12H15N3O3S2.ClH/c1-2-18-10(17)6-9(16)15-3-4-19-12-7(15)5-8(20-12)11(13)14;/h5H,2-4,6H2,1H3,(H3,13,14);1H. The van der Waals surface area contributed by atoms with E-state index < -0.39 is 5.97 Å². The highest BCUT2D eigenvalue weighted by atomic mass is 35.5. The number of amidine groups is 1. The summed E-state index contributed by atoms with van der Waals surface area (Å²) in [5, 5.41) is 7.46. The van der Waals surface area contributed by atoms with Crippen LogP contribution >= 0.6 is 35.5 Å². The number of nitrogen functional groups attached to an aromatic ring is 1. The Bertz CT molecular complexity index is 562. The Morgan fingerprint density at radius 2 is 2.24 bits per heavy atom. The van der Waals surface area contributed by atoms with Gasteiger partial charge in [-0.15, -0.1) is 35.5 Å². The minimum absolute atomic E-state index is 0. The van der Waals surface area contributed by atoms with Crippen LogP contribution in [0.4, 0.5) is 5.69 Å². The fraction of sp³-hybridized carbons (Fsp3) is 0.417. The number of thiophene rings is 1. The number of fused-ring (bicyclic) bond motifs is 1. The summed E-state index contributed by atoms with van der Waals surface area (Å²) in [6, 6.07) is 1.73. The molecule has 0 saturated heterocycles. The smallest absolute Gasteiger partial charge is 0.315 e. The maximum atomic E-state index is 12.2. The molecule has 0 saturated carbocycles. The molecule has 2 heterocycles. The second-order valence-corrected chi connectivity index (χ2v) is 6.49. The van der Waals surface area contributed by atoms with Gasteiger partial charge in [0.25, 0.3) is 0 Å². The third-order valence-corrected chi connectivity index (χ3v) is 5.10. The van der Waals surface area contributed by atoms with Gasteiger partial charge >= 0.3 is 5.97 Å². The summed E-state index contributed by atoms with van der Waals surface area (Å²) in [5.41, 5.74) is 6.22. The summed E-state index contributed by atoms with van der Waals surface area (Å²) in [4.78, 5) is 25.8. The predicted octanol–water partition coefficient (Wildman–Crippen LogP) is 1.85. The van der Waals surface area contributed by atoms with Crippen molar-refractivity contribution in [3.8, 4) is 0 Å². The van der Waals surface area contributed by atoms with Gasteiger partial charge in [-0.3, -0.25) is 15.0 Å². The van der Waals surface area contributed by atoms with E-state index in [-0.39, 0.29) is 37.2 Å². The zero-order valence-corrected chi connectivity index (χ0v) is 13.8. The van der Waals surface area contributed by atoms with E-state index in [1.54, 1.807) is 29.7 Å². The van der Waals surface area contributed by atoms with Crippen LogP contribution in [0.25, 0.3) is 0 Å². The van der Waals surface area contributed by atoms with Crippen molar-refractivity contribution in [2.45, 2.75) is 17.6 Å². The molecule has 0 atom stereocenters. The van der Waals surface area contributed by atoms with Crippen LogP contribution in [0.2, 0.25) is 0 Å². The average Bonchev–Trinajstić information content (AvgIpc) is 2.82. The molecule has 0 radical (unpaired) electrons. The van der Waals surface area contributed by atoms with Gasteiger partial charge in [-0.25, -0.2) is 0 Å². The third kappa shape index (κ3) is 4.12. The molecule has 0 aliphatic carbocycles. The van der Waals surface area contributed by atoms with Crippen molar-refractivity contribution in [3.63, 3.8) is 0 Å². The largest absolute Gasteiger partial charge is 0.466 e. The van der Waals surface area contributed by atoms with Crippen LogP contribution in [0.3, 0.4) is 0 Å². The summed E-state index contributed by atoms with van der Waals surface area (Å²) in [6.07, 6.45) is -0.261. The van der Waals surface area contributed by atoms with Gasteiger partial charge in [0, 0.05) is 12.3 Å².